The van der Waals surface area contributed by atoms with Crippen molar-refractivity contribution >= 4 is 11.7 Å². The Morgan fingerprint density at radius 3 is 3.05 bits per heavy atom. The summed E-state index contributed by atoms with van der Waals surface area (Å²) in [5.41, 5.74) is 5.66. The molecule has 0 bridgehead atoms. The molecule has 1 aliphatic rings. The summed E-state index contributed by atoms with van der Waals surface area (Å²) in [7, 11) is 1.83. The Morgan fingerprint density at radius 1 is 1.63 bits per heavy atom. The number of nitrogens with two attached hydrogens (primary N) is 1. The van der Waals surface area contributed by atoms with Gasteiger partial charge in [-0.25, -0.2) is 0 Å². The first-order valence-electron chi connectivity index (χ1n) is 6.64. The van der Waals surface area contributed by atoms with Crippen LogP contribution in [0.4, 0.5) is 5.82 Å². The maximum atomic E-state index is 11.9. The number of aromatic nitrogens is 2. The van der Waals surface area contributed by atoms with Crippen LogP contribution in [0.5, 0.6) is 0 Å². The monoisotopic (exact) mass is 263 g/mol. The summed E-state index contributed by atoms with van der Waals surface area (Å²) < 4.78 is 0. The molecule has 1 aromatic heterocycles. The fourth-order valence-electron chi connectivity index (χ4n) is 2.44. The van der Waals surface area contributed by atoms with Gasteiger partial charge in [-0.15, -0.1) is 5.10 Å². The zero-order valence-electron chi connectivity index (χ0n) is 11.5. The molecule has 2 N–H and O–H groups in total. The average molecular weight is 263 g/mol. The summed E-state index contributed by atoms with van der Waals surface area (Å²) in [5.74, 6) is 0.861. The first-order valence-corrected chi connectivity index (χ1v) is 6.64. The van der Waals surface area contributed by atoms with Crippen LogP contribution in [0.3, 0.4) is 0 Å². The SMILES string of the molecule is C[C@@H](N)C(=O)N(C)C1CCCN(c2cccnn2)C1. The maximum Gasteiger partial charge on any atom is 0.239 e. The van der Waals surface area contributed by atoms with Crippen molar-refractivity contribution in [1.29, 1.82) is 0 Å². The summed E-state index contributed by atoms with van der Waals surface area (Å²) in [6, 6.07) is 3.57. The van der Waals surface area contributed by atoms with Gasteiger partial charge in [-0.2, -0.15) is 5.10 Å². The van der Waals surface area contributed by atoms with Gasteiger partial charge in [0.15, 0.2) is 5.82 Å². The van der Waals surface area contributed by atoms with Gasteiger partial charge in [0, 0.05) is 32.4 Å². The molecule has 6 heteroatoms. The number of carbonyl (C=O) groups is 1. The minimum Gasteiger partial charge on any atom is -0.353 e. The van der Waals surface area contributed by atoms with Crippen molar-refractivity contribution in [3.05, 3.63) is 18.3 Å². The summed E-state index contributed by atoms with van der Waals surface area (Å²) in [5, 5.41) is 8.02. The lowest BCUT2D eigenvalue weighted by Gasteiger charge is -2.38. The van der Waals surface area contributed by atoms with E-state index in [4.69, 9.17) is 5.73 Å². The highest BCUT2D eigenvalue weighted by atomic mass is 16.2. The van der Waals surface area contributed by atoms with Crippen LogP contribution in [0.2, 0.25) is 0 Å². The minimum absolute atomic E-state index is 0.00834. The van der Waals surface area contributed by atoms with E-state index in [1.807, 2.05) is 19.2 Å². The van der Waals surface area contributed by atoms with Crippen LogP contribution >= 0.6 is 0 Å². The Balaban J connectivity index is 2.03. The first-order chi connectivity index (χ1) is 9.09. The smallest absolute Gasteiger partial charge is 0.239 e. The number of carbonyl (C=O) groups excluding carboxylic acids is 1. The number of rotatable bonds is 3. The first kappa shape index (κ1) is 13.7. The largest absolute Gasteiger partial charge is 0.353 e. The van der Waals surface area contributed by atoms with Gasteiger partial charge >= 0.3 is 0 Å². The number of amides is 1. The van der Waals surface area contributed by atoms with Gasteiger partial charge in [-0.1, -0.05) is 0 Å². The van der Waals surface area contributed by atoms with Crippen LogP contribution in [-0.4, -0.2) is 53.2 Å². The van der Waals surface area contributed by atoms with Crippen molar-refractivity contribution in [2.24, 2.45) is 5.73 Å². The second-order valence-corrected chi connectivity index (χ2v) is 5.06. The molecule has 1 aliphatic heterocycles. The Kier molecular flexibility index (Phi) is 4.31. The summed E-state index contributed by atoms with van der Waals surface area (Å²) in [6.45, 7) is 3.46. The van der Waals surface area contributed by atoms with Crippen molar-refractivity contribution in [2.45, 2.75) is 31.8 Å². The molecule has 1 fully saturated rings. The molecule has 2 rings (SSSR count). The molecular weight excluding hydrogens is 242 g/mol. The van der Waals surface area contributed by atoms with Gasteiger partial charge in [0.1, 0.15) is 0 Å². The third-order valence-corrected chi connectivity index (χ3v) is 3.56. The Labute approximate surface area is 113 Å². The van der Waals surface area contributed by atoms with E-state index in [0.717, 1.165) is 31.7 Å². The van der Waals surface area contributed by atoms with Gasteiger partial charge in [0.25, 0.3) is 0 Å². The van der Waals surface area contributed by atoms with Gasteiger partial charge < -0.3 is 15.5 Å². The predicted molar refractivity (Wildman–Crippen MR) is 73.7 cm³/mol. The zero-order chi connectivity index (χ0) is 13.8. The van der Waals surface area contributed by atoms with Crippen molar-refractivity contribution in [2.75, 3.05) is 25.0 Å². The van der Waals surface area contributed by atoms with Crippen LogP contribution in [0.1, 0.15) is 19.8 Å². The van der Waals surface area contributed by atoms with Gasteiger partial charge in [-0.3, -0.25) is 4.79 Å². The maximum absolute atomic E-state index is 11.9. The van der Waals surface area contributed by atoms with E-state index in [2.05, 4.69) is 15.1 Å². The number of hydrogen-bond donors (Lipinski definition) is 1. The summed E-state index contributed by atoms with van der Waals surface area (Å²) in [6.07, 6.45) is 3.71. The summed E-state index contributed by atoms with van der Waals surface area (Å²) in [4.78, 5) is 15.9. The number of nitrogens with zero attached hydrogens (tertiary/aromatic N) is 4. The third kappa shape index (κ3) is 3.20. The second-order valence-electron chi connectivity index (χ2n) is 5.06. The number of likely N-dealkylation sites (N-methyl/N-ethyl adjacent to an activating group) is 1. The van der Waals surface area contributed by atoms with E-state index in [0.29, 0.717) is 0 Å². The van der Waals surface area contributed by atoms with E-state index in [9.17, 15) is 4.79 Å². The molecule has 19 heavy (non-hydrogen) atoms. The van der Waals surface area contributed by atoms with Crippen LogP contribution in [0.15, 0.2) is 18.3 Å². The highest BCUT2D eigenvalue weighted by molar-refractivity contribution is 5.81. The topological polar surface area (TPSA) is 75.4 Å². The molecule has 104 valence electrons. The molecule has 0 spiro atoms. The molecular formula is C13H21N5O. The molecule has 1 amide bonds. The molecule has 0 aliphatic carbocycles. The fraction of sp³-hybridized carbons (Fsp3) is 0.615. The molecule has 1 saturated heterocycles. The van der Waals surface area contributed by atoms with Crippen molar-refractivity contribution in [3.8, 4) is 0 Å². The average Bonchev–Trinajstić information content (AvgIpc) is 2.46. The normalized spacial score (nSPS) is 21.0. The van der Waals surface area contributed by atoms with E-state index in [1.165, 1.54) is 0 Å². The zero-order valence-corrected chi connectivity index (χ0v) is 11.5. The molecule has 0 aromatic carbocycles. The molecule has 2 heterocycles. The summed E-state index contributed by atoms with van der Waals surface area (Å²) >= 11 is 0. The lowest BCUT2D eigenvalue weighted by molar-refractivity contribution is -0.133. The van der Waals surface area contributed by atoms with Crippen LogP contribution in [-0.2, 0) is 4.79 Å². The molecule has 2 atom stereocenters. The van der Waals surface area contributed by atoms with E-state index in [-0.39, 0.29) is 11.9 Å². The second kappa shape index (κ2) is 5.97. The Morgan fingerprint density at radius 2 is 2.42 bits per heavy atom. The Bertz CT molecular complexity index is 422. The molecule has 1 unspecified atom stereocenters. The lowest BCUT2D eigenvalue weighted by Crippen LogP contribution is -2.52. The number of piperidine rings is 1. The highest BCUT2D eigenvalue weighted by Crippen LogP contribution is 2.19. The molecule has 1 aromatic rings. The minimum atomic E-state index is -0.447. The van der Waals surface area contributed by atoms with Crippen LogP contribution in [0, 0.1) is 0 Å². The van der Waals surface area contributed by atoms with E-state index < -0.39 is 6.04 Å². The number of anilines is 1. The Hall–Kier alpha value is -1.69. The van der Waals surface area contributed by atoms with Gasteiger partial charge in [0.2, 0.25) is 5.91 Å². The van der Waals surface area contributed by atoms with Crippen molar-refractivity contribution in [1.82, 2.24) is 15.1 Å². The fourth-order valence-corrected chi connectivity index (χ4v) is 2.44. The van der Waals surface area contributed by atoms with Crippen molar-refractivity contribution in [3.63, 3.8) is 0 Å². The quantitative estimate of drug-likeness (QED) is 0.846. The van der Waals surface area contributed by atoms with Crippen molar-refractivity contribution < 1.29 is 4.79 Å². The molecule has 6 nitrogen and oxygen atoms in total. The standard InChI is InChI=1S/C13H21N5O/c1-10(14)13(19)17(2)11-5-4-8-18(9-11)12-6-3-7-15-16-12/h3,6-7,10-11H,4-5,8-9,14H2,1-2H3/t10-,11?/m1/s1. The molecule has 0 radical (unpaired) electrons. The van der Waals surface area contributed by atoms with Gasteiger partial charge in [0.05, 0.1) is 6.04 Å². The van der Waals surface area contributed by atoms with Gasteiger partial charge in [-0.05, 0) is 31.9 Å². The predicted octanol–water partition coefficient (Wildman–Crippen LogP) is 0.251. The number of hydrogen-bond acceptors (Lipinski definition) is 5. The van der Waals surface area contributed by atoms with E-state index in [1.54, 1.807) is 18.0 Å². The van der Waals surface area contributed by atoms with Crippen LogP contribution in [0.25, 0.3) is 0 Å². The molecule has 0 saturated carbocycles. The van der Waals surface area contributed by atoms with E-state index >= 15 is 0 Å². The third-order valence-electron chi connectivity index (χ3n) is 3.56. The highest BCUT2D eigenvalue weighted by Gasteiger charge is 2.27. The lowest BCUT2D eigenvalue weighted by atomic mass is 10.0. The van der Waals surface area contributed by atoms with Crippen LogP contribution < -0.4 is 10.6 Å².